The molecule has 1 heterocycles. The number of benzene rings is 1. The van der Waals surface area contributed by atoms with Crippen molar-refractivity contribution in [1.82, 2.24) is 5.32 Å². The van der Waals surface area contributed by atoms with Crippen molar-refractivity contribution in [2.24, 2.45) is 5.92 Å². The highest BCUT2D eigenvalue weighted by Gasteiger charge is 2.14. The lowest BCUT2D eigenvalue weighted by atomic mass is 9.95. The zero-order valence-electron chi connectivity index (χ0n) is 11.5. The van der Waals surface area contributed by atoms with Gasteiger partial charge in [-0.25, -0.2) is 4.39 Å². The van der Waals surface area contributed by atoms with Gasteiger partial charge < -0.3 is 5.32 Å². The summed E-state index contributed by atoms with van der Waals surface area (Å²) in [5.41, 5.74) is 0.811. The van der Waals surface area contributed by atoms with E-state index < -0.39 is 0 Å². The van der Waals surface area contributed by atoms with Crippen molar-refractivity contribution in [1.29, 1.82) is 0 Å². The van der Waals surface area contributed by atoms with Crippen molar-refractivity contribution < 1.29 is 4.39 Å². The van der Waals surface area contributed by atoms with Gasteiger partial charge in [0, 0.05) is 4.88 Å². The second kappa shape index (κ2) is 7.91. The van der Waals surface area contributed by atoms with Crippen molar-refractivity contribution >= 4 is 27.3 Å². The van der Waals surface area contributed by atoms with Crippen LogP contribution in [0.3, 0.4) is 0 Å². The molecule has 2 rings (SSSR count). The quantitative estimate of drug-likeness (QED) is 0.761. The largest absolute Gasteiger partial charge is 0.317 e. The minimum absolute atomic E-state index is 0.0960. The van der Waals surface area contributed by atoms with E-state index in [9.17, 15) is 4.39 Å². The summed E-state index contributed by atoms with van der Waals surface area (Å²) in [4.78, 5) is 1.34. The monoisotopic (exact) mass is 355 g/mol. The molecule has 1 N–H and O–H groups in total. The molecule has 0 radical (unpaired) electrons. The van der Waals surface area contributed by atoms with Crippen LogP contribution < -0.4 is 5.32 Å². The van der Waals surface area contributed by atoms with E-state index in [0.29, 0.717) is 5.92 Å². The van der Waals surface area contributed by atoms with E-state index in [0.717, 1.165) is 35.3 Å². The Hall–Kier alpha value is -0.710. The van der Waals surface area contributed by atoms with Crippen LogP contribution in [0.1, 0.15) is 17.4 Å². The molecule has 0 spiro atoms. The lowest BCUT2D eigenvalue weighted by Crippen LogP contribution is -2.25. The van der Waals surface area contributed by atoms with Crippen molar-refractivity contribution in [3.63, 3.8) is 0 Å². The maximum atomic E-state index is 13.8. The van der Waals surface area contributed by atoms with Crippen molar-refractivity contribution in [2.45, 2.75) is 19.8 Å². The van der Waals surface area contributed by atoms with Gasteiger partial charge in [-0.3, -0.25) is 0 Å². The topological polar surface area (TPSA) is 12.0 Å². The molecule has 0 saturated carbocycles. The number of halogens is 2. The third-order valence-electron chi connectivity index (χ3n) is 3.27. The molecule has 4 heteroatoms. The highest BCUT2D eigenvalue weighted by atomic mass is 79.9. The van der Waals surface area contributed by atoms with Crippen LogP contribution in [0.15, 0.2) is 40.2 Å². The summed E-state index contributed by atoms with van der Waals surface area (Å²) < 4.78 is 14.9. The first kappa shape index (κ1) is 15.7. The van der Waals surface area contributed by atoms with E-state index in [4.69, 9.17) is 0 Å². The Morgan fingerprint density at radius 2 is 2.00 bits per heavy atom. The van der Waals surface area contributed by atoms with Crippen LogP contribution in [0.25, 0.3) is 0 Å². The van der Waals surface area contributed by atoms with Crippen LogP contribution in [-0.4, -0.2) is 13.1 Å². The normalized spacial score (nSPS) is 12.6. The summed E-state index contributed by atoms with van der Waals surface area (Å²) in [6.07, 6.45) is 1.76. The summed E-state index contributed by atoms with van der Waals surface area (Å²) in [7, 11) is 0. The van der Waals surface area contributed by atoms with Crippen LogP contribution in [0.5, 0.6) is 0 Å². The number of hydrogen-bond acceptors (Lipinski definition) is 2. The minimum Gasteiger partial charge on any atom is -0.317 e. The Bertz CT molecular complexity index is 541. The zero-order chi connectivity index (χ0) is 14.4. The molecule has 0 fully saturated rings. The summed E-state index contributed by atoms with van der Waals surface area (Å²) in [6.45, 7) is 3.96. The van der Waals surface area contributed by atoms with Gasteiger partial charge in [0.25, 0.3) is 0 Å². The molecule has 0 aliphatic carbocycles. The third kappa shape index (κ3) is 4.69. The molecule has 1 nitrogen and oxygen atoms in total. The standard InChI is InChI=1S/C16H19BrFNS/c1-2-19-11-12(10-14-7-8-16(17)20-14)9-13-5-3-4-6-15(13)18/h3-8,12,19H,2,9-11H2,1H3. The van der Waals surface area contributed by atoms with E-state index in [1.807, 2.05) is 12.1 Å². The third-order valence-corrected chi connectivity index (χ3v) is 4.91. The Morgan fingerprint density at radius 1 is 1.20 bits per heavy atom. The van der Waals surface area contributed by atoms with E-state index in [1.165, 1.54) is 4.88 Å². The molecule has 1 atom stereocenters. The fraction of sp³-hybridized carbons (Fsp3) is 0.375. The van der Waals surface area contributed by atoms with Gasteiger partial charge in [-0.2, -0.15) is 0 Å². The van der Waals surface area contributed by atoms with Gasteiger partial charge >= 0.3 is 0 Å². The lowest BCUT2D eigenvalue weighted by Gasteiger charge is -2.17. The number of rotatable bonds is 7. The average Bonchev–Trinajstić information content (AvgIpc) is 2.84. The van der Waals surface area contributed by atoms with Crippen molar-refractivity contribution in [2.75, 3.05) is 13.1 Å². The highest BCUT2D eigenvalue weighted by molar-refractivity contribution is 9.11. The molecule has 2 aromatic rings. The summed E-state index contributed by atoms with van der Waals surface area (Å²) >= 11 is 5.26. The molecular weight excluding hydrogens is 337 g/mol. The Balaban J connectivity index is 2.05. The molecule has 1 unspecified atom stereocenters. The molecule has 20 heavy (non-hydrogen) atoms. The molecule has 0 bridgehead atoms. The zero-order valence-corrected chi connectivity index (χ0v) is 13.9. The predicted molar refractivity (Wildman–Crippen MR) is 87.9 cm³/mol. The van der Waals surface area contributed by atoms with E-state index in [1.54, 1.807) is 23.5 Å². The van der Waals surface area contributed by atoms with Crippen molar-refractivity contribution in [3.05, 3.63) is 56.4 Å². The van der Waals surface area contributed by atoms with Gasteiger partial charge in [0.2, 0.25) is 0 Å². The number of thiophene rings is 1. The van der Waals surface area contributed by atoms with Gasteiger partial charge in [0.15, 0.2) is 0 Å². The molecule has 0 saturated heterocycles. The molecule has 0 amide bonds. The van der Waals surface area contributed by atoms with Crippen molar-refractivity contribution in [3.8, 4) is 0 Å². The summed E-state index contributed by atoms with van der Waals surface area (Å²) in [6, 6.07) is 11.3. The average molecular weight is 356 g/mol. The smallest absolute Gasteiger partial charge is 0.126 e. The molecule has 0 aliphatic rings. The van der Waals surface area contributed by atoms with Crippen LogP contribution >= 0.6 is 27.3 Å². The Morgan fingerprint density at radius 3 is 2.65 bits per heavy atom. The van der Waals surface area contributed by atoms with Crippen LogP contribution in [-0.2, 0) is 12.8 Å². The second-order valence-corrected chi connectivity index (χ2v) is 7.43. The molecule has 108 valence electrons. The SMILES string of the molecule is CCNCC(Cc1ccc(Br)s1)Cc1ccccc1F. The van der Waals surface area contributed by atoms with Crippen LogP contribution in [0, 0.1) is 11.7 Å². The van der Waals surface area contributed by atoms with Gasteiger partial charge in [0.1, 0.15) is 5.82 Å². The minimum atomic E-state index is -0.0960. The summed E-state index contributed by atoms with van der Waals surface area (Å²) in [5, 5.41) is 3.39. The fourth-order valence-corrected chi connectivity index (χ4v) is 3.88. The molecule has 1 aromatic heterocycles. The number of hydrogen-bond donors (Lipinski definition) is 1. The summed E-state index contributed by atoms with van der Waals surface area (Å²) in [5.74, 6) is 0.318. The van der Waals surface area contributed by atoms with E-state index in [2.05, 4.69) is 40.3 Å². The molecular formula is C16H19BrFNS. The fourth-order valence-electron chi connectivity index (χ4n) is 2.29. The van der Waals surface area contributed by atoms with Gasteiger partial charge in [-0.15, -0.1) is 11.3 Å². The highest BCUT2D eigenvalue weighted by Crippen LogP contribution is 2.25. The number of nitrogens with one attached hydrogen (secondary N) is 1. The van der Waals surface area contributed by atoms with Crippen LogP contribution in [0.2, 0.25) is 0 Å². The Labute approximate surface area is 132 Å². The second-order valence-electron chi connectivity index (χ2n) is 4.88. The first-order valence-corrected chi connectivity index (χ1v) is 8.48. The Kier molecular flexibility index (Phi) is 6.20. The van der Waals surface area contributed by atoms with Gasteiger partial charge in [-0.1, -0.05) is 25.1 Å². The predicted octanol–water partition coefficient (Wildman–Crippen LogP) is 4.66. The maximum absolute atomic E-state index is 13.8. The molecule has 1 aromatic carbocycles. The van der Waals surface area contributed by atoms with E-state index in [-0.39, 0.29) is 5.82 Å². The van der Waals surface area contributed by atoms with E-state index >= 15 is 0 Å². The maximum Gasteiger partial charge on any atom is 0.126 e. The lowest BCUT2D eigenvalue weighted by molar-refractivity contribution is 0.470. The molecule has 0 aliphatic heterocycles. The first-order chi connectivity index (χ1) is 9.69. The van der Waals surface area contributed by atoms with Crippen LogP contribution in [0.4, 0.5) is 4.39 Å². The van der Waals surface area contributed by atoms with Gasteiger partial charge in [-0.05, 0) is 71.5 Å². The first-order valence-electron chi connectivity index (χ1n) is 6.87. The van der Waals surface area contributed by atoms with Gasteiger partial charge in [0.05, 0.1) is 3.79 Å².